The van der Waals surface area contributed by atoms with E-state index in [1.807, 2.05) is 0 Å². The lowest BCUT2D eigenvalue weighted by atomic mass is 10.1. The molecule has 5 nitrogen and oxygen atoms in total. The summed E-state index contributed by atoms with van der Waals surface area (Å²) in [6.45, 7) is 0.321. The Balaban J connectivity index is 2.45. The van der Waals surface area contributed by atoms with Crippen LogP contribution in [0.3, 0.4) is 0 Å². The third-order valence-electron chi connectivity index (χ3n) is 1.97. The van der Waals surface area contributed by atoms with E-state index in [0.717, 1.165) is 0 Å². The second kappa shape index (κ2) is 2.62. The maximum absolute atomic E-state index is 10.9. The van der Waals surface area contributed by atoms with Gasteiger partial charge in [-0.2, -0.15) is 0 Å². The molecule has 13 heavy (non-hydrogen) atoms. The van der Waals surface area contributed by atoms with E-state index in [9.17, 15) is 9.59 Å². The first-order chi connectivity index (χ1) is 6.18. The summed E-state index contributed by atoms with van der Waals surface area (Å²) < 4.78 is 4.87. The lowest BCUT2D eigenvalue weighted by Crippen LogP contribution is -2.27. The summed E-state index contributed by atoms with van der Waals surface area (Å²) in [7, 11) is 0. The number of fused-ring (bicyclic) bond motifs is 1. The first-order valence-electron chi connectivity index (χ1n) is 3.85. The molecule has 0 unspecified atom stereocenters. The van der Waals surface area contributed by atoms with Crippen LogP contribution in [0.2, 0.25) is 0 Å². The summed E-state index contributed by atoms with van der Waals surface area (Å²) >= 11 is 0. The summed E-state index contributed by atoms with van der Waals surface area (Å²) in [4.78, 5) is 21.8. The highest BCUT2D eigenvalue weighted by Crippen LogP contribution is 2.28. The highest BCUT2D eigenvalue weighted by atomic mass is 16.5. The molecule has 1 saturated heterocycles. The van der Waals surface area contributed by atoms with Crippen molar-refractivity contribution in [3.8, 4) is 0 Å². The molecule has 2 rings (SSSR count). The molecule has 0 atom stereocenters. The fourth-order valence-corrected chi connectivity index (χ4v) is 1.38. The minimum atomic E-state index is -0.553. The highest BCUT2D eigenvalue weighted by molar-refractivity contribution is 5.96. The van der Waals surface area contributed by atoms with Gasteiger partial charge in [0.25, 0.3) is 0 Å². The average molecular weight is 180 g/mol. The highest BCUT2D eigenvalue weighted by Gasteiger charge is 2.30. The molecule has 2 aliphatic heterocycles. The Morgan fingerprint density at radius 2 is 2.38 bits per heavy atom. The van der Waals surface area contributed by atoms with E-state index in [1.165, 1.54) is 0 Å². The molecule has 3 N–H and O–H groups in total. The molecular weight excluding hydrogens is 172 g/mol. The van der Waals surface area contributed by atoms with Gasteiger partial charge in [-0.1, -0.05) is 0 Å². The normalized spacial score (nSPS) is 20.3. The van der Waals surface area contributed by atoms with Crippen LogP contribution >= 0.6 is 0 Å². The van der Waals surface area contributed by atoms with Crippen LogP contribution in [-0.4, -0.2) is 18.4 Å². The summed E-state index contributed by atoms with van der Waals surface area (Å²) in [6.07, 6.45) is 1.88. The zero-order valence-electron chi connectivity index (χ0n) is 6.79. The number of esters is 1. The molecule has 0 radical (unpaired) electrons. The molecule has 0 spiro atoms. The largest absolute Gasteiger partial charge is 0.425 e. The van der Waals surface area contributed by atoms with Gasteiger partial charge in [-0.05, 0) is 0 Å². The van der Waals surface area contributed by atoms with Gasteiger partial charge in [0.15, 0.2) is 0 Å². The zero-order valence-corrected chi connectivity index (χ0v) is 6.79. The van der Waals surface area contributed by atoms with Crippen molar-refractivity contribution < 1.29 is 14.3 Å². The standard InChI is InChI=1S/C8H8N2O3/c9-8(12)5-3-10-2-4-1-6(11)13-7(4)5/h2,10H,1,3H2,(H2,9,12). The van der Waals surface area contributed by atoms with Gasteiger partial charge in [-0.25, -0.2) is 0 Å². The number of carbonyl (C=O) groups excluding carboxylic acids is 2. The third kappa shape index (κ3) is 1.18. The molecule has 0 aromatic heterocycles. The molecule has 5 heteroatoms. The van der Waals surface area contributed by atoms with Gasteiger partial charge in [0.05, 0.1) is 12.0 Å². The molecule has 1 amide bonds. The van der Waals surface area contributed by atoms with Crippen LogP contribution in [0.25, 0.3) is 0 Å². The number of hydrogen-bond donors (Lipinski definition) is 2. The van der Waals surface area contributed by atoms with Gasteiger partial charge in [-0.15, -0.1) is 0 Å². The number of amides is 1. The summed E-state index contributed by atoms with van der Waals surface area (Å²) in [5.41, 5.74) is 6.15. The van der Waals surface area contributed by atoms with Gasteiger partial charge in [0.2, 0.25) is 5.91 Å². The number of allylic oxidation sites excluding steroid dienone is 1. The van der Waals surface area contributed by atoms with Crippen molar-refractivity contribution in [3.05, 3.63) is 23.1 Å². The first-order valence-corrected chi connectivity index (χ1v) is 3.85. The van der Waals surface area contributed by atoms with E-state index < -0.39 is 5.91 Å². The number of rotatable bonds is 1. The Morgan fingerprint density at radius 3 is 3.08 bits per heavy atom. The minimum absolute atomic E-state index is 0.207. The monoisotopic (exact) mass is 180 g/mol. The van der Waals surface area contributed by atoms with E-state index in [0.29, 0.717) is 23.5 Å². The summed E-state index contributed by atoms with van der Waals surface area (Å²) in [5, 5.41) is 2.86. The number of ether oxygens (including phenoxy) is 1. The summed E-state index contributed by atoms with van der Waals surface area (Å²) in [5.74, 6) is -0.553. The fraction of sp³-hybridized carbons (Fsp3) is 0.250. The molecule has 0 aromatic carbocycles. The van der Waals surface area contributed by atoms with Crippen LogP contribution in [0.5, 0.6) is 0 Å². The molecule has 0 bridgehead atoms. The molecule has 2 aliphatic rings. The third-order valence-corrected chi connectivity index (χ3v) is 1.97. The van der Waals surface area contributed by atoms with Crippen LogP contribution in [0.4, 0.5) is 0 Å². The van der Waals surface area contributed by atoms with Crippen LogP contribution in [0.15, 0.2) is 23.1 Å². The van der Waals surface area contributed by atoms with E-state index in [1.54, 1.807) is 6.20 Å². The molecule has 0 saturated carbocycles. The van der Waals surface area contributed by atoms with Crippen molar-refractivity contribution in [2.24, 2.45) is 5.73 Å². The topological polar surface area (TPSA) is 81.4 Å². The van der Waals surface area contributed by atoms with Crippen molar-refractivity contribution in [2.75, 3.05) is 6.54 Å². The lowest BCUT2D eigenvalue weighted by molar-refractivity contribution is -0.135. The van der Waals surface area contributed by atoms with Crippen molar-refractivity contribution in [1.29, 1.82) is 0 Å². The average Bonchev–Trinajstić information content (AvgIpc) is 2.43. The number of nitrogens with one attached hydrogen (secondary N) is 1. The second-order valence-corrected chi connectivity index (χ2v) is 2.87. The minimum Gasteiger partial charge on any atom is -0.425 e. The van der Waals surface area contributed by atoms with Gasteiger partial charge < -0.3 is 15.8 Å². The number of carbonyl (C=O) groups is 2. The summed E-state index contributed by atoms with van der Waals surface area (Å²) in [6, 6.07) is 0. The number of primary amides is 1. The predicted molar refractivity (Wildman–Crippen MR) is 43.0 cm³/mol. The van der Waals surface area contributed by atoms with Gasteiger partial charge in [0.1, 0.15) is 5.76 Å². The first kappa shape index (κ1) is 7.85. The lowest BCUT2D eigenvalue weighted by Gasteiger charge is -2.12. The molecule has 0 aromatic rings. The molecule has 2 heterocycles. The van der Waals surface area contributed by atoms with E-state index in [-0.39, 0.29) is 12.4 Å². The molecule has 1 fully saturated rings. The Hall–Kier alpha value is -1.78. The fourth-order valence-electron chi connectivity index (χ4n) is 1.38. The number of hydrogen-bond acceptors (Lipinski definition) is 4. The molecule has 68 valence electrons. The van der Waals surface area contributed by atoms with Gasteiger partial charge >= 0.3 is 5.97 Å². The van der Waals surface area contributed by atoms with Crippen molar-refractivity contribution in [2.45, 2.75) is 6.42 Å². The Morgan fingerprint density at radius 1 is 1.62 bits per heavy atom. The second-order valence-electron chi connectivity index (χ2n) is 2.87. The Kier molecular flexibility index (Phi) is 1.58. The van der Waals surface area contributed by atoms with Crippen molar-refractivity contribution in [1.82, 2.24) is 5.32 Å². The number of dihydropyridines is 1. The maximum atomic E-state index is 10.9. The van der Waals surface area contributed by atoms with E-state index in [2.05, 4.69) is 5.32 Å². The zero-order chi connectivity index (χ0) is 9.42. The maximum Gasteiger partial charge on any atom is 0.315 e. The number of nitrogens with two attached hydrogens (primary N) is 1. The predicted octanol–water partition coefficient (Wildman–Crippen LogP) is -0.840. The van der Waals surface area contributed by atoms with Crippen LogP contribution in [-0.2, 0) is 14.3 Å². The quantitative estimate of drug-likeness (QED) is 0.515. The van der Waals surface area contributed by atoms with Crippen LogP contribution in [0.1, 0.15) is 6.42 Å². The SMILES string of the molecule is NC(=O)C1=C2OC(=O)CC2=CNC1. The Bertz CT molecular complexity index is 354. The smallest absolute Gasteiger partial charge is 0.315 e. The van der Waals surface area contributed by atoms with Crippen LogP contribution in [0, 0.1) is 0 Å². The molecular formula is C8H8N2O3. The van der Waals surface area contributed by atoms with E-state index >= 15 is 0 Å². The van der Waals surface area contributed by atoms with E-state index in [4.69, 9.17) is 10.5 Å². The van der Waals surface area contributed by atoms with Crippen molar-refractivity contribution in [3.63, 3.8) is 0 Å². The van der Waals surface area contributed by atoms with Crippen molar-refractivity contribution >= 4 is 11.9 Å². The van der Waals surface area contributed by atoms with Gasteiger partial charge in [0, 0.05) is 18.3 Å². The molecule has 0 aliphatic carbocycles. The Labute approximate surface area is 74.2 Å². The van der Waals surface area contributed by atoms with Gasteiger partial charge in [-0.3, -0.25) is 9.59 Å². The van der Waals surface area contributed by atoms with Crippen LogP contribution < -0.4 is 11.1 Å².